The second-order valence-electron chi connectivity index (χ2n) is 4.86. The predicted octanol–water partition coefficient (Wildman–Crippen LogP) is 3.63. The SMILES string of the molecule is CC(C)C(C)(CN)NC(=O)c1ccc(Br)c(Cl)c1.Cl. The molecule has 108 valence electrons. The lowest BCUT2D eigenvalue weighted by molar-refractivity contribution is 0.0883. The number of amides is 1. The van der Waals surface area contributed by atoms with Crippen molar-refractivity contribution < 1.29 is 4.79 Å². The number of carbonyl (C=O) groups is 1. The molecule has 0 saturated heterocycles. The van der Waals surface area contributed by atoms with Crippen molar-refractivity contribution in [1.82, 2.24) is 5.32 Å². The van der Waals surface area contributed by atoms with Gasteiger partial charge in [-0.05, 0) is 47.0 Å². The third-order valence-corrected chi connectivity index (χ3v) is 4.51. The third-order valence-electron chi connectivity index (χ3n) is 3.28. The molecule has 1 amide bonds. The number of halogens is 3. The maximum atomic E-state index is 12.1. The van der Waals surface area contributed by atoms with Crippen molar-refractivity contribution in [2.75, 3.05) is 6.54 Å². The summed E-state index contributed by atoms with van der Waals surface area (Å²) in [7, 11) is 0. The summed E-state index contributed by atoms with van der Waals surface area (Å²) in [6.45, 7) is 6.39. The van der Waals surface area contributed by atoms with Gasteiger partial charge in [-0.3, -0.25) is 4.79 Å². The van der Waals surface area contributed by atoms with E-state index in [9.17, 15) is 4.79 Å². The first-order chi connectivity index (χ1) is 8.30. The van der Waals surface area contributed by atoms with E-state index in [1.54, 1.807) is 18.2 Å². The Hall–Kier alpha value is -0.290. The molecule has 0 aromatic heterocycles. The van der Waals surface area contributed by atoms with E-state index in [2.05, 4.69) is 21.2 Å². The number of hydrogen-bond acceptors (Lipinski definition) is 2. The molecule has 0 radical (unpaired) electrons. The van der Waals surface area contributed by atoms with Crippen molar-refractivity contribution in [2.45, 2.75) is 26.3 Å². The number of nitrogens with one attached hydrogen (secondary N) is 1. The molecule has 0 aliphatic heterocycles. The normalized spacial score (nSPS) is 13.6. The highest BCUT2D eigenvalue weighted by molar-refractivity contribution is 9.10. The second-order valence-corrected chi connectivity index (χ2v) is 6.12. The minimum absolute atomic E-state index is 0. The van der Waals surface area contributed by atoms with Gasteiger partial charge >= 0.3 is 0 Å². The number of rotatable bonds is 4. The molecule has 0 fully saturated rings. The second kappa shape index (κ2) is 7.48. The topological polar surface area (TPSA) is 55.1 Å². The highest BCUT2D eigenvalue weighted by Crippen LogP contribution is 2.24. The molecule has 1 aromatic carbocycles. The predicted molar refractivity (Wildman–Crippen MR) is 86.2 cm³/mol. The molecule has 0 bridgehead atoms. The first-order valence-corrected chi connectivity index (χ1v) is 6.95. The zero-order valence-electron chi connectivity index (χ0n) is 11.2. The van der Waals surface area contributed by atoms with Crippen LogP contribution in [0.4, 0.5) is 0 Å². The van der Waals surface area contributed by atoms with Gasteiger partial charge in [0.2, 0.25) is 0 Å². The van der Waals surface area contributed by atoms with Gasteiger partial charge in [0.1, 0.15) is 0 Å². The average molecular weight is 370 g/mol. The summed E-state index contributed by atoms with van der Waals surface area (Å²) in [6, 6.07) is 5.12. The summed E-state index contributed by atoms with van der Waals surface area (Å²) >= 11 is 9.27. The molecule has 1 unspecified atom stereocenters. The maximum Gasteiger partial charge on any atom is 0.251 e. The Bertz CT molecular complexity index is 454. The van der Waals surface area contributed by atoms with Crippen LogP contribution in [-0.4, -0.2) is 18.0 Å². The maximum absolute atomic E-state index is 12.1. The van der Waals surface area contributed by atoms with Crippen LogP contribution < -0.4 is 11.1 Å². The van der Waals surface area contributed by atoms with E-state index < -0.39 is 5.54 Å². The Morgan fingerprint density at radius 2 is 2.11 bits per heavy atom. The Morgan fingerprint density at radius 1 is 1.53 bits per heavy atom. The summed E-state index contributed by atoms with van der Waals surface area (Å²) in [5.74, 6) is 0.0865. The largest absolute Gasteiger partial charge is 0.345 e. The molecule has 3 N–H and O–H groups in total. The van der Waals surface area contributed by atoms with Crippen LogP contribution >= 0.6 is 39.9 Å². The van der Waals surface area contributed by atoms with Crippen molar-refractivity contribution in [2.24, 2.45) is 11.7 Å². The van der Waals surface area contributed by atoms with Crippen molar-refractivity contribution in [3.05, 3.63) is 33.3 Å². The van der Waals surface area contributed by atoms with Crippen molar-refractivity contribution >= 4 is 45.8 Å². The van der Waals surface area contributed by atoms with Gasteiger partial charge in [-0.25, -0.2) is 0 Å². The molecule has 0 heterocycles. The van der Waals surface area contributed by atoms with E-state index in [0.29, 0.717) is 17.1 Å². The van der Waals surface area contributed by atoms with Gasteiger partial charge in [0.25, 0.3) is 5.91 Å². The van der Waals surface area contributed by atoms with Crippen LogP contribution in [0.5, 0.6) is 0 Å². The molecule has 1 aromatic rings. The standard InChI is InChI=1S/C13H18BrClN2O.ClH/c1-8(2)13(3,7-16)17-12(18)9-4-5-10(14)11(15)6-9;/h4-6,8H,7,16H2,1-3H3,(H,17,18);1H. The zero-order chi connectivity index (χ0) is 13.9. The quantitative estimate of drug-likeness (QED) is 0.851. The van der Waals surface area contributed by atoms with Gasteiger partial charge in [-0.1, -0.05) is 25.4 Å². The molecule has 1 rings (SSSR count). The Balaban J connectivity index is 0.00000324. The Labute approximate surface area is 133 Å². The molecule has 3 nitrogen and oxygen atoms in total. The van der Waals surface area contributed by atoms with Gasteiger partial charge < -0.3 is 11.1 Å². The minimum atomic E-state index is -0.420. The summed E-state index contributed by atoms with van der Waals surface area (Å²) in [6.07, 6.45) is 0. The zero-order valence-corrected chi connectivity index (χ0v) is 14.3. The Kier molecular flexibility index (Phi) is 7.37. The number of benzene rings is 1. The van der Waals surface area contributed by atoms with E-state index in [0.717, 1.165) is 4.47 Å². The monoisotopic (exact) mass is 368 g/mol. The number of hydrogen-bond donors (Lipinski definition) is 2. The minimum Gasteiger partial charge on any atom is -0.345 e. The molecule has 0 saturated carbocycles. The number of carbonyl (C=O) groups excluding carboxylic acids is 1. The fourth-order valence-corrected chi connectivity index (χ4v) is 1.83. The molecule has 6 heteroatoms. The van der Waals surface area contributed by atoms with E-state index in [4.69, 9.17) is 17.3 Å². The van der Waals surface area contributed by atoms with Crippen LogP contribution in [0, 0.1) is 5.92 Å². The molecule has 1 atom stereocenters. The molecular weight excluding hydrogens is 351 g/mol. The van der Waals surface area contributed by atoms with Crippen molar-refractivity contribution in [1.29, 1.82) is 0 Å². The van der Waals surface area contributed by atoms with E-state index in [1.807, 2.05) is 20.8 Å². The fourth-order valence-electron chi connectivity index (χ4n) is 1.40. The molecule has 19 heavy (non-hydrogen) atoms. The lowest BCUT2D eigenvalue weighted by atomic mass is 9.88. The van der Waals surface area contributed by atoms with Crippen molar-refractivity contribution in [3.8, 4) is 0 Å². The number of nitrogens with two attached hydrogens (primary N) is 1. The molecule has 0 aliphatic rings. The summed E-state index contributed by atoms with van der Waals surface area (Å²) < 4.78 is 0.770. The summed E-state index contributed by atoms with van der Waals surface area (Å²) in [4.78, 5) is 12.1. The molecule has 0 aliphatic carbocycles. The first-order valence-electron chi connectivity index (χ1n) is 5.78. The Morgan fingerprint density at radius 3 is 2.53 bits per heavy atom. The highest BCUT2D eigenvalue weighted by atomic mass is 79.9. The average Bonchev–Trinajstić information content (AvgIpc) is 2.32. The molecular formula is C13H19BrCl2N2O. The van der Waals surface area contributed by atoms with Crippen LogP contribution in [-0.2, 0) is 0 Å². The lowest BCUT2D eigenvalue weighted by Gasteiger charge is -2.33. The van der Waals surface area contributed by atoms with E-state index in [-0.39, 0.29) is 24.2 Å². The highest BCUT2D eigenvalue weighted by Gasteiger charge is 2.28. The van der Waals surface area contributed by atoms with Gasteiger partial charge in [-0.2, -0.15) is 0 Å². The van der Waals surface area contributed by atoms with Gasteiger partial charge in [0.15, 0.2) is 0 Å². The van der Waals surface area contributed by atoms with Crippen LogP contribution in [0.1, 0.15) is 31.1 Å². The van der Waals surface area contributed by atoms with Crippen LogP contribution in [0.2, 0.25) is 5.02 Å². The van der Waals surface area contributed by atoms with Crippen LogP contribution in [0.15, 0.2) is 22.7 Å². The smallest absolute Gasteiger partial charge is 0.251 e. The first kappa shape index (κ1) is 18.7. The summed E-state index contributed by atoms with van der Waals surface area (Å²) in [5.41, 5.74) is 5.85. The van der Waals surface area contributed by atoms with Gasteiger partial charge in [-0.15, -0.1) is 12.4 Å². The van der Waals surface area contributed by atoms with Crippen molar-refractivity contribution in [3.63, 3.8) is 0 Å². The van der Waals surface area contributed by atoms with Gasteiger partial charge in [0, 0.05) is 16.6 Å². The third kappa shape index (κ3) is 4.63. The van der Waals surface area contributed by atoms with E-state index in [1.165, 1.54) is 0 Å². The lowest BCUT2D eigenvalue weighted by Crippen LogP contribution is -2.55. The van der Waals surface area contributed by atoms with Crippen LogP contribution in [0.3, 0.4) is 0 Å². The fraction of sp³-hybridized carbons (Fsp3) is 0.462. The van der Waals surface area contributed by atoms with Crippen LogP contribution in [0.25, 0.3) is 0 Å². The molecule has 0 spiro atoms. The van der Waals surface area contributed by atoms with Gasteiger partial charge in [0.05, 0.1) is 10.6 Å². The van der Waals surface area contributed by atoms with E-state index >= 15 is 0 Å². The summed E-state index contributed by atoms with van der Waals surface area (Å²) in [5, 5.41) is 3.48.